The molecule has 25 heavy (non-hydrogen) atoms. The summed E-state index contributed by atoms with van der Waals surface area (Å²) in [6, 6.07) is 3.94. The molecule has 1 aliphatic rings. The van der Waals surface area contributed by atoms with Crippen molar-refractivity contribution < 1.29 is 9.15 Å². The second kappa shape index (κ2) is 11.8. The van der Waals surface area contributed by atoms with Crippen LogP contribution in [0.15, 0.2) is 27.8 Å². The van der Waals surface area contributed by atoms with Gasteiger partial charge in [-0.05, 0) is 42.7 Å². The Morgan fingerprint density at radius 3 is 2.72 bits per heavy atom. The smallest absolute Gasteiger partial charge is 0.191 e. The van der Waals surface area contributed by atoms with Crippen molar-refractivity contribution in [1.29, 1.82) is 0 Å². The quantitative estimate of drug-likeness (QED) is 0.315. The van der Waals surface area contributed by atoms with Crippen LogP contribution in [0.4, 0.5) is 0 Å². The molecule has 0 unspecified atom stereocenters. The van der Waals surface area contributed by atoms with E-state index in [0.717, 1.165) is 50.8 Å². The first-order valence-electron chi connectivity index (χ1n) is 9.17. The fraction of sp³-hybridized carbons (Fsp3) is 0.737. The molecule has 0 atom stereocenters. The monoisotopic (exact) mass is 463 g/mol. The number of furan rings is 1. The van der Waals surface area contributed by atoms with Gasteiger partial charge >= 0.3 is 0 Å². The number of nitrogens with zero attached hydrogens (tertiary/aromatic N) is 1. The molecule has 0 radical (unpaired) electrons. The molecule has 0 aromatic carbocycles. The first kappa shape index (κ1) is 22.3. The lowest BCUT2D eigenvalue weighted by atomic mass is 9.67. The lowest BCUT2D eigenvalue weighted by Crippen LogP contribution is -2.42. The molecule has 1 aliphatic carbocycles. The van der Waals surface area contributed by atoms with E-state index in [-0.39, 0.29) is 24.0 Å². The maximum absolute atomic E-state index is 5.38. The third kappa shape index (κ3) is 7.98. The summed E-state index contributed by atoms with van der Waals surface area (Å²) >= 11 is 0. The zero-order valence-electron chi connectivity index (χ0n) is 15.8. The molecule has 0 bridgehead atoms. The highest BCUT2D eigenvalue weighted by molar-refractivity contribution is 14.0. The summed E-state index contributed by atoms with van der Waals surface area (Å²) in [6.45, 7) is 7.87. The van der Waals surface area contributed by atoms with Crippen LogP contribution in [0, 0.1) is 11.3 Å². The minimum absolute atomic E-state index is 0. The third-order valence-corrected chi connectivity index (χ3v) is 4.75. The van der Waals surface area contributed by atoms with Crippen LogP contribution in [0.3, 0.4) is 0 Å². The average Bonchev–Trinajstić information content (AvgIpc) is 3.03. The van der Waals surface area contributed by atoms with Gasteiger partial charge in [0.25, 0.3) is 0 Å². The molecule has 2 rings (SSSR count). The molecule has 0 aliphatic heterocycles. The average molecular weight is 463 g/mol. The molecule has 2 N–H and O–H groups in total. The summed E-state index contributed by atoms with van der Waals surface area (Å²) in [5.41, 5.74) is 0.351. The van der Waals surface area contributed by atoms with E-state index >= 15 is 0 Å². The maximum atomic E-state index is 5.38. The van der Waals surface area contributed by atoms with Crippen LogP contribution in [0.5, 0.6) is 0 Å². The first-order chi connectivity index (χ1) is 11.6. The molecule has 1 saturated carbocycles. The summed E-state index contributed by atoms with van der Waals surface area (Å²) in [6.07, 6.45) is 7.55. The van der Waals surface area contributed by atoms with Crippen LogP contribution in [-0.2, 0) is 11.2 Å². The molecule has 1 heterocycles. The highest BCUT2D eigenvalue weighted by Crippen LogP contribution is 2.44. The van der Waals surface area contributed by atoms with E-state index in [2.05, 4.69) is 24.5 Å². The predicted octanol–water partition coefficient (Wildman–Crippen LogP) is 3.84. The zero-order valence-corrected chi connectivity index (χ0v) is 18.2. The number of halogens is 1. The number of nitrogens with one attached hydrogen (secondary N) is 2. The molecular formula is C19H34IN3O2. The van der Waals surface area contributed by atoms with E-state index < -0.39 is 0 Å². The van der Waals surface area contributed by atoms with Gasteiger partial charge in [-0.1, -0.05) is 20.3 Å². The second-order valence-corrected chi connectivity index (χ2v) is 7.29. The minimum atomic E-state index is 0. The van der Waals surface area contributed by atoms with Crippen LogP contribution in [-0.4, -0.2) is 39.3 Å². The van der Waals surface area contributed by atoms with Crippen LogP contribution in [0.2, 0.25) is 0 Å². The van der Waals surface area contributed by atoms with Crippen molar-refractivity contribution in [1.82, 2.24) is 10.6 Å². The Labute approximate surface area is 169 Å². The van der Waals surface area contributed by atoms with Crippen molar-refractivity contribution in [2.75, 3.05) is 33.4 Å². The first-order valence-corrected chi connectivity index (χ1v) is 9.17. The molecule has 5 nitrogen and oxygen atoms in total. The van der Waals surface area contributed by atoms with Gasteiger partial charge in [0, 0.05) is 39.8 Å². The molecule has 0 saturated heterocycles. The van der Waals surface area contributed by atoms with E-state index in [4.69, 9.17) is 14.1 Å². The Morgan fingerprint density at radius 2 is 2.16 bits per heavy atom. The molecule has 0 spiro atoms. The van der Waals surface area contributed by atoms with E-state index in [1.807, 2.05) is 12.1 Å². The van der Waals surface area contributed by atoms with Crippen LogP contribution < -0.4 is 10.6 Å². The maximum Gasteiger partial charge on any atom is 0.191 e. The standard InChI is InChI=1S/C19H33N3O2.HI/c1-16(2)14-21-18(20-11-7-17-6-4-12-24-17)22-15-19(8-5-9-19)10-13-23-3;/h4,6,12,16H,5,7-11,13-15H2,1-3H3,(H2,20,21,22);1H. The summed E-state index contributed by atoms with van der Waals surface area (Å²) in [5, 5.41) is 6.89. The van der Waals surface area contributed by atoms with Crippen molar-refractivity contribution in [2.24, 2.45) is 16.3 Å². The number of ether oxygens (including phenoxy) is 1. The van der Waals surface area contributed by atoms with Crippen molar-refractivity contribution >= 4 is 29.9 Å². The molecule has 1 aromatic rings. The highest BCUT2D eigenvalue weighted by Gasteiger charge is 2.36. The van der Waals surface area contributed by atoms with Gasteiger partial charge in [0.1, 0.15) is 5.76 Å². The van der Waals surface area contributed by atoms with Gasteiger partial charge in [-0.3, -0.25) is 4.99 Å². The number of hydrogen-bond donors (Lipinski definition) is 2. The number of rotatable bonds is 10. The minimum Gasteiger partial charge on any atom is -0.469 e. The van der Waals surface area contributed by atoms with Gasteiger partial charge in [0.2, 0.25) is 0 Å². The van der Waals surface area contributed by atoms with E-state index in [0.29, 0.717) is 11.3 Å². The van der Waals surface area contributed by atoms with E-state index in [9.17, 15) is 0 Å². The molecule has 1 fully saturated rings. The Kier molecular flexibility index (Phi) is 10.5. The van der Waals surface area contributed by atoms with Crippen molar-refractivity contribution in [3.8, 4) is 0 Å². The van der Waals surface area contributed by atoms with Crippen LogP contribution in [0.25, 0.3) is 0 Å². The van der Waals surface area contributed by atoms with Crippen molar-refractivity contribution in [3.05, 3.63) is 24.2 Å². The Morgan fingerprint density at radius 1 is 1.36 bits per heavy atom. The second-order valence-electron chi connectivity index (χ2n) is 7.29. The van der Waals surface area contributed by atoms with Crippen molar-refractivity contribution in [2.45, 2.75) is 46.0 Å². The topological polar surface area (TPSA) is 58.8 Å². The Hall–Kier alpha value is -0.760. The van der Waals surface area contributed by atoms with Gasteiger partial charge < -0.3 is 19.8 Å². The fourth-order valence-corrected chi connectivity index (χ4v) is 2.96. The van der Waals surface area contributed by atoms with Gasteiger partial charge in [0.15, 0.2) is 5.96 Å². The van der Waals surface area contributed by atoms with Gasteiger partial charge in [0.05, 0.1) is 6.26 Å². The lowest BCUT2D eigenvalue weighted by Gasteiger charge is -2.40. The van der Waals surface area contributed by atoms with E-state index in [1.165, 1.54) is 19.3 Å². The van der Waals surface area contributed by atoms with Gasteiger partial charge in [-0.2, -0.15) is 0 Å². The van der Waals surface area contributed by atoms with Crippen molar-refractivity contribution in [3.63, 3.8) is 0 Å². The molecule has 0 amide bonds. The van der Waals surface area contributed by atoms with Crippen LogP contribution in [0.1, 0.15) is 45.3 Å². The number of aliphatic imine (C=N–C) groups is 1. The largest absolute Gasteiger partial charge is 0.469 e. The zero-order chi connectivity index (χ0) is 17.3. The number of guanidine groups is 1. The third-order valence-electron chi connectivity index (χ3n) is 4.75. The van der Waals surface area contributed by atoms with Gasteiger partial charge in [-0.25, -0.2) is 0 Å². The molecule has 1 aromatic heterocycles. The molecule has 144 valence electrons. The number of methoxy groups -OCH3 is 1. The normalized spacial score (nSPS) is 16.2. The van der Waals surface area contributed by atoms with Gasteiger partial charge in [-0.15, -0.1) is 24.0 Å². The summed E-state index contributed by atoms with van der Waals surface area (Å²) in [5.74, 6) is 2.51. The van der Waals surface area contributed by atoms with Crippen LogP contribution >= 0.6 is 24.0 Å². The molecular weight excluding hydrogens is 429 g/mol. The molecule has 6 heteroatoms. The lowest BCUT2D eigenvalue weighted by molar-refractivity contribution is 0.0778. The Balaban J connectivity index is 0.00000312. The fourth-order valence-electron chi connectivity index (χ4n) is 2.96. The Bertz CT molecular complexity index is 485. The summed E-state index contributed by atoms with van der Waals surface area (Å²) < 4.78 is 10.7. The number of hydrogen-bond acceptors (Lipinski definition) is 3. The predicted molar refractivity (Wildman–Crippen MR) is 114 cm³/mol. The van der Waals surface area contributed by atoms with E-state index in [1.54, 1.807) is 13.4 Å². The summed E-state index contributed by atoms with van der Waals surface area (Å²) in [7, 11) is 1.78. The highest BCUT2D eigenvalue weighted by atomic mass is 127. The SMILES string of the molecule is COCCC1(CN=C(NCCc2ccco2)NCC(C)C)CCC1.I. The summed E-state index contributed by atoms with van der Waals surface area (Å²) in [4.78, 5) is 4.87.